The summed E-state index contributed by atoms with van der Waals surface area (Å²) < 4.78 is 0. The Bertz CT molecular complexity index is 346. The topological polar surface area (TPSA) is 37.3 Å². The van der Waals surface area contributed by atoms with Crippen LogP contribution in [0.25, 0.3) is 0 Å². The number of rotatable bonds is 7. The number of Topliss-reactive ketones (excluding diaryl/α,β-unsaturated/α-hetero) is 1. The minimum absolute atomic E-state index is 0.118. The molecule has 0 spiro atoms. The van der Waals surface area contributed by atoms with Crippen molar-refractivity contribution in [2.45, 2.75) is 31.9 Å². The molecule has 0 radical (unpaired) electrons. The van der Waals surface area contributed by atoms with Crippen LogP contribution < -0.4 is 0 Å². The minimum atomic E-state index is 0.118. The average molecular weight is 252 g/mol. The fourth-order valence-electron chi connectivity index (χ4n) is 1.50. The Kier molecular flexibility index (Phi) is 6.30. The van der Waals surface area contributed by atoms with E-state index in [2.05, 4.69) is 6.92 Å². The van der Waals surface area contributed by atoms with E-state index in [1.54, 1.807) is 0 Å². The molecule has 2 nitrogen and oxygen atoms in total. The van der Waals surface area contributed by atoms with Gasteiger partial charge in [0.05, 0.1) is 12.4 Å². The SMILES string of the molecule is CCCc1ccc(C(=O)CSC(C)CO)cc1. The van der Waals surface area contributed by atoms with Gasteiger partial charge in [-0.2, -0.15) is 0 Å². The molecule has 94 valence electrons. The van der Waals surface area contributed by atoms with Gasteiger partial charge in [0.1, 0.15) is 0 Å². The summed E-state index contributed by atoms with van der Waals surface area (Å²) in [5.41, 5.74) is 2.04. The predicted octanol–water partition coefficient (Wildman–Crippen LogP) is 2.94. The van der Waals surface area contributed by atoms with Gasteiger partial charge in [0.15, 0.2) is 5.78 Å². The van der Waals surface area contributed by atoms with Crippen molar-refractivity contribution in [3.05, 3.63) is 35.4 Å². The molecule has 17 heavy (non-hydrogen) atoms. The molecule has 1 rings (SSSR count). The molecule has 1 aromatic rings. The van der Waals surface area contributed by atoms with Crippen molar-refractivity contribution in [2.24, 2.45) is 0 Å². The van der Waals surface area contributed by atoms with E-state index < -0.39 is 0 Å². The summed E-state index contributed by atoms with van der Waals surface area (Å²) in [5, 5.41) is 9.00. The number of carbonyl (C=O) groups excluding carboxylic acids is 1. The van der Waals surface area contributed by atoms with Gasteiger partial charge in [0.25, 0.3) is 0 Å². The first-order valence-electron chi connectivity index (χ1n) is 6.02. The lowest BCUT2D eigenvalue weighted by molar-refractivity contribution is 0.102. The normalized spacial score (nSPS) is 12.4. The lowest BCUT2D eigenvalue weighted by Crippen LogP contribution is -2.09. The molecule has 0 fully saturated rings. The Morgan fingerprint density at radius 3 is 2.53 bits per heavy atom. The van der Waals surface area contributed by atoms with Crippen LogP contribution in [0.4, 0.5) is 0 Å². The standard InChI is InChI=1S/C14H20O2S/c1-3-4-12-5-7-13(8-6-12)14(16)10-17-11(2)9-15/h5-8,11,15H,3-4,9-10H2,1-2H3. The maximum Gasteiger partial charge on any atom is 0.172 e. The lowest BCUT2D eigenvalue weighted by atomic mass is 10.1. The average Bonchev–Trinajstić information content (AvgIpc) is 2.36. The van der Waals surface area contributed by atoms with Gasteiger partial charge in [0, 0.05) is 10.8 Å². The van der Waals surface area contributed by atoms with Crippen LogP contribution in [-0.2, 0) is 6.42 Å². The van der Waals surface area contributed by atoms with Crippen LogP contribution in [-0.4, -0.2) is 28.5 Å². The first-order valence-corrected chi connectivity index (χ1v) is 7.06. The van der Waals surface area contributed by atoms with Crippen molar-refractivity contribution in [2.75, 3.05) is 12.4 Å². The van der Waals surface area contributed by atoms with Gasteiger partial charge in [-0.15, -0.1) is 11.8 Å². The third-order valence-corrected chi connectivity index (χ3v) is 3.72. The molecule has 0 heterocycles. The number of thioether (sulfide) groups is 1. The second-order valence-electron chi connectivity index (χ2n) is 4.17. The van der Waals surface area contributed by atoms with E-state index in [4.69, 9.17) is 5.11 Å². The van der Waals surface area contributed by atoms with Crippen LogP contribution in [0.3, 0.4) is 0 Å². The Morgan fingerprint density at radius 2 is 2.00 bits per heavy atom. The first kappa shape index (κ1) is 14.3. The maximum absolute atomic E-state index is 11.8. The number of hydrogen-bond acceptors (Lipinski definition) is 3. The molecule has 0 saturated heterocycles. The molecular weight excluding hydrogens is 232 g/mol. The zero-order valence-electron chi connectivity index (χ0n) is 10.5. The van der Waals surface area contributed by atoms with E-state index in [-0.39, 0.29) is 17.6 Å². The summed E-state index contributed by atoms with van der Waals surface area (Å²) in [7, 11) is 0. The molecule has 1 N–H and O–H groups in total. The van der Waals surface area contributed by atoms with Gasteiger partial charge in [-0.05, 0) is 12.0 Å². The van der Waals surface area contributed by atoms with Crippen molar-refractivity contribution in [3.63, 3.8) is 0 Å². The van der Waals surface area contributed by atoms with Gasteiger partial charge >= 0.3 is 0 Å². The molecule has 0 aliphatic carbocycles. The third-order valence-electron chi connectivity index (χ3n) is 2.57. The quantitative estimate of drug-likeness (QED) is 0.758. The summed E-state index contributed by atoms with van der Waals surface area (Å²) in [6.07, 6.45) is 2.18. The van der Waals surface area contributed by atoms with Gasteiger partial charge in [0.2, 0.25) is 0 Å². The number of benzene rings is 1. The Morgan fingerprint density at radius 1 is 1.35 bits per heavy atom. The van der Waals surface area contributed by atoms with Crippen molar-refractivity contribution in [3.8, 4) is 0 Å². The molecule has 1 atom stereocenters. The van der Waals surface area contributed by atoms with Crippen molar-refractivity contribution >= 4 is 17.5 Å². The van der Waals surface area contributed by atoms with E-state index in [1.165, 1.54) is 17.3 Å². The largest absolute Gasteiger partial charge is 0.395 e. The highest BCUT2D eigenvalue weighted by Crippen LogP contribution is 2.14. The summed E-state index contributed by atoms with van der Waals surface area (Å²) in [5.74, 6) is 0.577. The molecule has 3 heteroatoms. The highest BCUT2D eigenvalue weighted by molar-refractivity contribution is 8.00. The van der Waals surface area contributed by atoms with Gasteiger partial charge in [-0.3, -0.25) is 4.79 Å². The van der Waals surface area contributed by atoms with Crippen LogP contribution in [0, 0.1) is 0 Å². The summed E-state index contributed by atoms with van der Waals surface area (Å²) in [6, 6.07) is 7.85. The molecule has 0 bridgehead atoms. The van der Waals surface area contributed by atoms with Crippen molar-refractivity contribution < 1.29 is 9.90 Å². The van der Waals surface area contributed by atoms with Crippen molar-refractivity contribution in [1.82, 2.24) is 0 Å². The molecule has 1 aromatic carbocycles. The lowest BCUT2D eigenvalue weighted by Gasteiger charge is -2.07. The van der Waals surface area contributed by atoms with Crippen LogP contribution in [0.2, 0.25) is 0 Å². The number of hydrogen-bond donors (Lipinski definition) is 1. The number of ketones is 1. The highest BCUT2D eigenvalue weighted by Gasteiger charge is 2.08. The number of aliphatic hydroxyl groups excluding tert-OH is 1. The Balaban J connectivity index is 2.51. The van der Waals surface area contributed by atoms with E-state index in [0.29, 0.717) is 5.75 Å². The molecule has 0 amide bonds. The summed E-state index contributed by atoms with van der Waals surface area (Å²) >= 11 is 1.49. The maximum atomic E-state index is 11.8. The smallest absolute Gasteiger partial charge is 0.172 e. The van der Waals surface area contributed by atoms with E-state index in [9.17, 15) is 4.79 Å². The van der Waals surface area contributed by atoms with Gasteiger partial charge < -0.3 is 5.11 Å². The number of aliphatic hydroxyl groups is 1. The Hall–Kier alpha value is -0.800. The monoisotopic (exact) mass is 252 g/mol. The predicted molar refractivity (Wildman–Crippen MR) is 73.8 cm³/mol. The van der Waals surface area contributed by atoms with Gasteiger partial charge in [-0.1, -0.05) is 44.5 Å². The van der Waals surface area contributed by atoms with Crippen LogP contribution >= 0.6 is 11.8 Å². The molecule has 0 saturated carbocycles. The zero-order chi connectivity index (χ0) is 12.7. The number of aryl methyl sites for hydroxylation is 1. The van der Waals surface area contributed by atoms with Crippen LogP contribution in [0.1, 0.15) is 36.2 Å². The van der Waals surface area contributed by atoms with Gasteiger partial charge in [-0.25, -0.2) is 0 Å². The summed E-state index contributed by atoms with van der Waals surface area (Å²) in [6.45, 7) is 4.18. The fraction of sp³-hybridized carbons (Fsp3) is 0.500. The van der Waals surface area contributed by atoms with E-state index in [0.717, 1.165) is 18.4 Å². The second kappa shape index (κ2) is 7.51. The third kappa shape index (κ3) is 4.92. The molecule has 0 aliphatic rings. The van der Waals surface area contributed by atoms with Crippen LogP contribution in [0.5, 0.6) is 0 Å². The highest BCUT2D eigenvalue weighted by atomic mass is 32.2. The first-order chi connectivity index (χ1) is 8.17. The second-order valence-corrected chi connectivity index (χ2v) is 5.60. The van der Waals surface area contributed by atoms with Crippen LogP contribution in [0.15, 0.2) is 24.3 Å². The van der Waals surface area contributed by atoms with E-state index >= 15 is 0 Å². The molecular formula is C14H20O2S. The minimum Gasteiger partial charge on any atom is -0.395 e. The molecule has 0 aromatic heterocycles. The van der Waals surface area contributed by atoms with Crippen molar-refractivity contribution in [1.29, 1.82) is 0 Å². The van der Waals surface area contributed by atoms with E-state index in [1.807, 2.05) is 31.2 Å². The fourth-order valence-corrected chi connectivity index (χ4v) is 2.21. The molecule has 0 aliphatic heterocycles. The Labute approximate surface area is 107 Å². The number of carbonyl (C=O) groups is 1. The molecule has 1 unspecified atom stereocenters. The zero-order valence-corrected chi connectivity index (χ0v) is 11.3. The summed E-state index contributed by atoms with van der Waals surface area (Å²) in [4.78, 5) is 11.8.